The topological polar surface area (TPSA) is 78.8 Å². The molecule has 0 bridgehead atoms. The number of aromatic hydroxyl groups is 2. The zero-order valence-corrected chi connectivity index (χ0v) is 14.3. The van der Waals surface area contributed by atoms with E-state index in [1.54, 1.807) is 7.11 Å². The Labute approximate surface area is 143 Å². The predicted octanol–water partition coefficient (Wildman–Crippen LogP) is 2.83. The minimum Gasteiger partial charge on any atom is -0.507 e. The summed E-state index contributed by atoms with van der Waals surface area (Å²) in [5.74, 6) is -0.400. The molecule has 5 nitrogen and oxygen atoms in total. The van der Waals surface area contributed by atoms with Crippen molar-refractivity contribution < 1.29 is 19.7 Å². The van der Waals surface area contributed by atoms with Gasteiger partial charge in [-0.25, -0.2) is 0 Å². The van der Waals surface area contributed by atoms with E-state index in [1.165, 1.54) is 6.07 Å². The molecule has 3 N–H and O–H groups in total. The zero-order chi connectivity index (χ0) is 16.8. The molecule has 2 aromatic carbocycles. The highest BCUT2D eigenvalue weighted by molar-refractivity contribution is 9.10. The fourth-order valence-electron chi connectivity index (χ4n) is 2.29. The van der Waals surface area contributed by atoms with Crippen LogP contribution in [-0.2, 0) is 16.0 Å². The van der Waals surface area contributed by atoms with Gasteiger partial charge in [-0.05, 0) is 27.1 Å². The molecule has 0 heterocycles. The molecule has 2 rings (SSSR count). The van der Waals surface area contributed by atoms with E-state index in [2.05, 4.69) is 21.2 Å². The first-order valence-corrected chi connectivity index (χ1v) is 7.88. The molecule has 0 aromatic heterocycles. The molecular weight excluding hydrogens is 362 g/mol. The fourth-order valence-corrected chi connectivity index (χ4v) is 2.75. The number of phenolic OH excluding ortho intramolecular Hbond substituents is 2. The Bertz CT molecular complexity index is 689. The van der Waals surface area contributed by atoms with Gasteiger partial charge in [-0.1, -0.05) is 30.3 Å². The van der Waals surface area contributed by atoms with E-state index < -0.39 is 0 Å². The van der Waals surface area contributed by atoms with E-state index in [1.807, 2.05) is 30.3 Å². The number of rotatable bonds is 6. The monoisotopic (exact) mass is 379 g/mol. The van der Waals surface area contributed by atoms with Crippen LogP contribution in [0.2, 0.25) is 0 Å². The average Bonchev–Trinajstić information content (AvgIpc) is 2.53. The second-order valence-electron chi connectivity index (χ2n) is 4.97. The number of methoxy groups -OCH3 is 1. The van der Waals surface area contributed by atoms with Gasteiger partial charge in [0.25, 0.3) is 0 Å². The number of benzene rings is 2. The minimum atomic E-state index is -0.218. The van der Waals surface area contributed by atoms with Crippen LogP contribution in [0.15, 0.2) is 40.9 Å². The van der Waals surface area contributed by atoms with Crippen LogP contribution in [0.1, 0.15) is 5.56 Å². The number of carbonyl (C=O) groups excluding carboxylic acids is 1. The van der Waals surface area contributed by atoms with Crippen molar-refractivity contribution in [3.63, 3.8) is 0 Å². The smallest absolute Gasteiger partial charge is 0.224 e. The lowest BCUT2D eigenvalue weighted by molar-refractivity contribution is -0.120. The van der Waals surface area contributed by atoms with Crippen LogP contribution in [0, 0.1) is 0 Å². The largest absolute Gasteiger partial charge is 0.507 e. The van der Waals surface area contributed by atoms with Crippen LogP contribution >= 0.6 is 15.9 Å². The third-order valence-electron chi connectivity index (χ3n) is 3.35. The van der Waals surface area contributed by atoms with Crippen molar-refractivity contribution in [2.24, 2.45) is 0 Å². The Balaban J connectivity index is 2.39. The SMILES string of the molecule is COCCNC(=O)Cc1c(Br)c(O)cc(O)c1-c1ccccc1. The van der Waals surface area contributed by atoms with Crippen LogP contribution < -0.4 is 5.32 Å². The van der Waals surface area contributed by atoms with Gasteiger partial charge in [0.05, 0.1) is 17.5 Å². The molecule has 0 radical (unpaired) electrons. The summed E-state index contributed by atoms with van der Waals surface area (Å²) in [5.41, 5.74) is 1.83. The summed E-state index contributed by atoms with van der Waals surface area (Å²) in [6.07, 6.45) is 0.0243. The number of hydrogen-bond donors (Lipinski definition) is 3. The number of halogens is 1. The minimum absolute atomic E-state index is 0.0243. The first-order valence-electron chi connectivity index (χ1n) is 7.09. The van der Waals surface area contributed by atoms with E-state index in [9.17, 15) is 15.0 Å². The van der Waals surface area contributed by atoms with Crippen molar-refractivity contribution in [3.8, 4) is 22.6 Å². The molecule has 23 heavy (non-hydrogen) atoms. The quantitative estimate of drug-likeness (QED) is 0.674. The first-order chi connectivity index (χ1) is 11.0. The van der Waals surface area contributed by atoms with Crippen molar-refractivity contribution in [3.05, 3.63) is 46.4 Å². The van der Waals surface area contributed by atoms with Crippen LogP contribution in [0.4, 0.5) is 0 Å². The Hall–Kier alpha value is -2.05. The van der Waals surface area contributed by atoms with Crippen molar-refractivity contribution in [2.45, 2.75) is 6.42 Å². The Morgan fingerprint density at radius 3 is 2.57 bits per heavy atom. The van der Waals surface area contributed by atoms with Crippen LogP contribution in [0.5, 0.6) is 11.5 Å². The Morgan fingerprint density at radius 1 is 1.22 bits per heavy atom. The van der Waals surface area contributed by atoms with Gasteiger partial charge >= 0.3 is 0 Å². The van der Waals surface area contributed by atoms with Crippen molar-refractivity contribution >= 4 is 21.8 Å². The normalized spacial score (nSPS) is 10.5. The van der Waals surface area contributed by atoms with E-state index in [4.69, 9.17) is 4.74 Å². The van der Waals surface area contributed by atoms with Gasteiger partial charge in [-0.2, -0.15) is 0 Å². The maximum absolute atomic E-state index is 12.1. The van der Waals surface area contributed by atoms with Crippen LogP contribution in [0.3, 0.4) is 0 Å². The molecule has 0 aliphatic carbocycles. The van der Waals surface area contributed by atoms with Gasteiger partial charge in [0, 0.05) is 25.3 Å². The average molecular weight is 380 g/mol. The number of nitrogens with one attached hydrogen (secondary N) is 1. The van der Waals surface area contributed by atoms with Crippen molar-refractivity contribution in [1.82, 2.24) is 5.32 Å². The van der Waals surface area contributed by atoms with Crippen molar-refractivity contribution in [1.29, 1.82) is 0 Å². The van der Waals surface area contributed by atoms with Gasteiger partial charge in [0.1, 0.15) is 11.5 Å². The Kier molecular flexibility index (Phi) is 6.01. The zero-order valence-electron chi connectivity index (χ0n) is 12.7. The molecular formula is C17H18BrNO4. The van der Waals surface area contributed by atoms with Gasteiger partial charge in [-0.3, -0.25) is 4.79 Å². The molecule has 1 amide bonds. The summed E-state index contributed by atoms with van der Waals surface area (Å²) >= 11 is 3.31. The second kappa shape index (κ2) is 7.99. The highest BCUT2D eigenvalue weighted by Gasteiger charge is 2.19. The summed E-state index contributed by atoms with van der Waals surface area (Å²) < 4.78 is 5.29. The van der Waals surface area contributed by atoms with Gasteiger partial charge in [0.15, 0.2) is 0 Å². The predicted molar refractivity (Wildman–Crippen MR) is 91.5 cm³/mol. The molecule has 0 saturated heterocycles. The highest BCUT2D eigenvalue weighted by Crippen LogP contribution is 2.42. The van der Waals surface area contributed by atoms with Gasteiger partial charge in [-0.15, -0.1) is 0 Å². The molecule has 0 aliphatic rings. The number of amides is 1. The van der Waals surface area contributed by atoms with E-state index in [-0.39, 0.29) is 23.8 Å². The maximum atomic E-state index is 12.1. The molecule has 0 saturated carbocycles. The number of ether oxygens (including phenoxy) is 1. The molecule has 0 spiro atoms. The standard InChI is InChI=1S/C17H18BrNO4/c1-23-8-7-19-15(22)9-12-16(11-5-3-2-4-6-11)13(20)10-14(21)17(12)18/h2-6,10,20-21H,7-9H2,1H3,(H,19,22). The molecule has 2 aromatic rings. The van der Waals surface area contributed by atoms with Crippen LogP contribution in [0.25, 0.3) is 11.1 Å². The number of hydrogen-bond acceptors (Lipinski definition) is 4. The third-order valence-corrected chi connectivity index (χ3v) is 4.23. The van der Waals surface area contributed by atoms with Crippen molar-refractivity contribution in [2.75, 3.05) is 20.3 Å². The van der Waals surface area contributed by atoms with Crippen LogP contribution in [-0.4, -0.2) is 36.4 Å². The molecule has 0 unspecified atom stereocenters. The highest BCUT2D eigenvalue weighted by atomic mass is 79.9. The fraction of sp³-hybridized carbons (Fsp3) is 0.235. The van der Waals surface area contributed by atoms with Gasteiger partial charge in [0.2, 0.25) is 5.91 Å². The summed E-state index contributed by atoms with van der Waals surface area (Å²) in [7, 11) is 1.56. The second-order valence-corrected chi connectivity index (χ2v) is 5.76. The van der Waals surface area contributed by atoms with E-state index in [0.29, 0.717) is 28.8 Å². The summed E-state index contributed by atoms with van der Waals surface area (Å²) in [5, 5.41) is 22.9. The lowest BCUT2D eigenvalue weighted by Crippen LogP contribution is -2.28. The molecule has 122 valence electrons. The lowest BCUT2D eigenvalue weighted by Gasteiger charge is -2.15. The maximum Gasteiger partial charge on any atom is 0.224 e. The summed E-state index contributed by atoms with van der Waals surface area (Å²) in [4.78, 5) is 12.1. The first kappa shape index (κ1) is 17.3. The van der Waals surface area contributed by atoms with Gasteiger partial charge < -0.3 is 20.3 Å². The molecule has 0 atom stereocenters. The lowest BCUT2D eigenvalue weighted by atomic mass is 9.96. The molecule has 6 heteroatoms. The number of phenols is 2. The summed E-state index contributed by atoms with van der Waals surface area (Å²) in [6.45, 7) is 0.822. The van der Waals surface area contributed by atoms with E-state index in [0.717, 1.165) is 5.56 Å². The Morgan fingerprint density at radius 2 is 1.91 bits per heavy atom. The molecule has 0 aliphatic heterocycles. The van der Waals surface area contributed by atoms with E-state index >= 15 is 0 Å². The number of carbonyl (C=O) groups is 1. The summed E-state index contributed by atoms with van der Waals surface area (Å²) in [6, 6.07) is 10.5. The molecule has 0 fully saturated rings. The third kappa shape index (κ3) is 4.24.